The van der Waals surface area contributed by atoms with Gasteiger partial charge in [-0.25, -0.2) is 4.98 Å². The van der Waals surface area contributed by atoms with Crippen LogP contribution in [0.5, 0.6) is 0 Å². The Balaban J connectivity index is 1.57. The van der Waals surface area contributed by atoms with Gasteiger partial charge in [0.2, 0.25) is 0 Å². The predicted octanol–water partition coefficient (Wildman–Crippen LogP) is 3.38. The first-order valence-corrected chi connectivity index (χ1v) is 7.84. The Morgan fingerprint density at radius 2 is 1.71 bits per heavy atom. The molecule has 2 heterocycles. The maximum atomic E-state index is 12.6. The summed E-state index contributed by atoms with van der Waals surface area (Å²) in [4.78, 5) is 8.99. The number of hydrogen-bond acceptors (Lipinski definition) is 4. The average molecular weight is 303 g/mol. The first-order chi connectivity index (χ1) is 10.3. The van der Waals surface area contributed by atoms with Crippen LogP contribution >= 0.6 is 12.1 Å². The van der Waals surface area contributed by atoms with E-state index >= 15 is 0 Å². The van der Waals surface area contributed by atoms with Crippen molar-refractivity contribution < 1.29 is 3.89 Å². The summed E-state index contributed by atoms with van der Waals surface area (Å²) in [6.07, 6.45) is 0. The topological polar surface area (TPSA) is 19.4 Å². The van der Waals surface area contributed by atoms with Crippen LogP contribution in [0.1, 0.15) is 5.56 Å². The standard InChI is InChI=1S/C16H18FN3S/c17-21-16-8-4-7-15(18-16)20-11-9-19(10-12-20)13-14-5-2-1-3-6-14/h1-8H,9-13H2. The van der Waals surface area contributed by atoms with E-state index in [4.69, 9.17) is 0 Å². The van der Waals surface area contributed by atoms with Crippen molar-refractivity contribution in [1.29, 1.82) is 0 Å². The lowest BCUT2D eigenvalue weighted by atomic mass is 10.2. The van der Waals surface area contributed by atoms with Crippen LogP contribution in [-0.2, 0) is 6.54 Å². The minimum absolute atomic E-state index is 0.201. The fraction of sp³-hybridized carbons (Fsp3) is 0.312. The van der Waals surface area contributed by atoms with Crippen LogP contribution in [-0.4, -0.2) is 36.1 Å². The minimum Gasteiger partial charge on any atom is -0.354 e. The number of hydrogen-bond donors (Lipinski definition) is 0. The second-order valence-corrected chi connectivity index (χ2v) is 5.73. The Morgan fingerprint density at radius 1 is 0.952 bits per heavy atom. The van der Waals surface area contributed by atoms with E-state index in [9.17, 15) is 3.89 Å². The van der Waals surface area contributed by atoms with Crippen LogP contribution < -0.4 is 4.90 Å². The maximum Gasteiger partial charge on any atom is 0.131 e. The van der Waals surface area contributed by atoms with E-state index in [1.807, 2.05) is 18.2 Å². The number of pyridine rings is 1. The van der Waals surface area contributed by atoms with Crippen LogP contribution in [0, 0.1) is 0 Å². The summed E-state index contributed by atoms with van der Waals surface area (Å²) in [5.41, 5.74) is 1.35. The largest absolute Gasteiger partial charge is 0.354 e. The zero-order chi connectivity index (χ0) is 14.5. The molecular formula is C16H18FN3S. The van der Waals surface area contributed by atoms with Crippen molar-refractivity contribution in [1.82, 2.24) is 9.88 Å². The molecule has 2 aromatic rings. The van der Waals surface area contributed by atoms with E-state index in [2.05, 4.69) is 39.0 Å². The third kappa shape index (κ3) is 3.74. The Kier molecular flexibility index (Phi) is 4.72. The van der Waals surface area contributed by atoms with E-state index in [1.165, 1.54) is 5.56 Å². The highest BCUT2D eigenvalue weighted by Gasteiger charge is 2.18. The zero-order valence-electron chi connectivity index (χ0n) is 11.8. The zero-order valence-corrected chi connectivity index (χ0v) is 12.6. The van der Waals surface area contributed by atoms with Gasteiger partial charge in [-0.05, 0) is 17.7 Å². The third-order valence-electron chi connectivity index (χ3n) is 3.73. The van der Waals surface area contributed by atoms with Gasteiger partial charge >= 0.3 is 0 Å². The van der Waals surface area contributed by atoms with E-state index in [0.29, 0.717) is 5.03 Å². The molecule has 3 nitrogen and oxygen atoms in total. The maximum absolute atomic E-state index is 12.6. The highest BCUT2D eigenvalue weighted by Crippen LogP contribution is 2.21. The normalized spacial score (nSPS) is 16.1. The van der Waals surface area contributed by atoms with Crippen molar-refractivity contribution >= 4 is 18.0 Å². The second kappa shape index (κ2) is 6.91. The molecule has 0 radical (unpaired) electrons. The SMILES string of the molecule is FSc1cccc(N2CCN(Cc3ccccc3)CC2)n1. The van der Waals surface area contributed by atoms with Gasteiger partial charge in [-0.3, -0.25) is 4.90 Å². The van der Waals surface area contributed by atoms with E-state index in [0.717, 1.165) is 38.5 Å². The van der Waals surface area contributed by atoms with Crippen LogP contribution in [0.15, 0.2) is 53.6 Å². The lowest BCUT2D eigenvalue weighted by Gasteiger charge is -2.35. The van der Waals surface area contributed by atoms with Gasteiger partial charge in [0, 0.05) is 32.7 Å². The number of nitrogens with zero attached hydrogens (tertiary/aromatic N) is 3. The van der Waals surface area contributed by atoms with E-state index in [-0.39, 0.29) is 12.1 Å². The number of piperazine rings is 1. The summed E-state index contributed by atoms with van der Waals surface area (Å²) < 4.78 is 12.6. The smallest absolute Gasteiger partial charge is 0.131 e. The van der Waals surface area contributed by atoms with Gasteiger partial charge in [-0.15, -0.1) is 0 Å². The molecule has 0 atom stereocenters. The molecule has 21 heavy (non-hydrogen) atoms. The molecule has 0 saturated carbocycles. The molecule has 1 aliphatic heterocycles. The Labute approximate surface area is 129 Å². The molecule has 3 rings (SSSR count). The predicted molar refractivity (Wildman–Crippen MR) is 85.1 cm³/mol. The number of anilines is 1. The Bertz CT molecular complexity index is 571. The third-order valence-corrected chi connectivity index (χ3v) is 4.12. The fourth-order valence-corrected chi connectivity index (χ4v) is 2.86. The summed E-state index contributed by atoms with van der Waals surface area (Å²) >= 11 is 0.201. The van der Waals surface area contributed by atoms with Gasteiger partial charge in [0.15, 0.2) is 0 Å². The summed E-state index contributed by atoms with van der Waals surface area (Å²) in [5.74, 6) is 0.872. The Hall–Kier alpha value is -1.59. The molecule has 1 aliphatic rings. The molecule has 1 fully saturated rings. The van der Waals surface area contributed by atoms with E-state index < -0.39 is 0 Å². The summed E-state index contributed by atoms with van der Waals surface area (Å²) in [5, 5.41) is 0.430. The van der Waals surface area contributed by atoms with Crippen molar-refractivity contribution in [3.05, 3.63) is 54.1 Å². The van der Waals surface area contributed by atoms with Gasteiger partial charge in [0.05, 0.1) is 0 Å². The number of halogens is 1. The van der Waals surface area contributed by atoms with E-state index in [1.54, 1.807) is 6.07 Å². The number of rotatable bonds is 4. The van der Waals surface area contributed by atoms with Gasteiger partial charge in [0.1, 0.15) is 23.0 Å². The van der Waals surface area contributed by atoms with Crippen molar-refractivity contribution in [3.8, 4) is 0 Å². The molecule has 1 saturated heterocycles. The molecule has 0 amide bonds. The number of benzene rings is 1. The second-order valence-electron chi connectivity index (χ2n) is 5.16. The quantitative estimate of drug-likeness (QED) is 0.862. The molecule has 1 aromatic heterocycles. The number of aromatic nitrogens is 1. The van der Waals surface area contributed by atoms with Gasteiger partial charge in [0.25, 0.3) is 0 Å². The molecule has 0 aliphatic carbocycles. The lowest BCUT2D eigenvalue weighted by Crippen LogP contribution is -2.46. The molecule has 0 bridgehead atoms. The summed E-state index contributed by atoms with van der Waals surface area (Å²) in [7, 11) is 0. The molecule has 5 heteroatoms. The molecule has 0 spiro atoms. The van der Waals surface area contributed by atoms with Gasteiger partial charge < -0.3 is 4.90 Å². The first-order valence-electron chi connectivity index (χ1n) is 7.12. The minimum atomic E-state index is 0.201. The highest BCUT2D eigenvalue weighted by molar-refractivity contribution is 7.94. The van der Waals surface area contributed by atoms with Crippen LogP contribution in [0.25, 0.3) is 0 Å². The van der Waals surface area contributed by atoms with Crippen LogP contribution in [0.4, 0.5) is 9.70 Å². The highest BCUT2D eigenvalue weighted by atomic mass is 32.2. The first kappa shape index (κ1) is 14.4. The summed E-state index contributed by atoms with van der Waals surface area (Å²) in [6, 6.07) is 16.0. The van der Waals surface area contributed by atoms with Crippen molar-refractivity contribution in [2.24, 2.45) is 0 Å². The average Bonchev–Trinajstić information content (AvgIpc) is 2.56. The van der Waals surface area contributed by atoms with Crippen molar-refractivity contribution in [2.75, 3.05) is 31.1 Å². The fourth-order valence-electron chi connectivity index (χ4n) is 2.60. The van der Waals surface area contributed by atoms with Crippen LogP contribution in [0.3, 0.4) is 0 Å². The van der Waals surface area contributed by atoms with Crippen molar-refractivity contribution in [3.63, 3.8) is 0 Å². The van der Waals surface area contributed by atoms with Crippen LogP contribution in [0.2, 0.25) is 0 Å². The lowest BCUT2D eigenvalue weighted by molar-refractivity contribution is 0.249. The molecule has 0 unspecified atom stereocenters. The Morgan fingerprint density at radius 3 is 2.43 bits per heavy atom. The summed E-state index contributed by atoms with van der Waals surface area (Å²) in [6.45, 7) is 4.86. The molecule has 0 N–H and O–H groups in total. The monoisotopic (exact) mass is 303 g/mol. The molecular weight excluding hydrogens is 285 g/mol. The van der Waals surface area contributed by atoms with Gasteiger partial charge in [-0.2, -0.15) is 3.89 Å². The van der Waals surface area contributed by atoms with Crippen molar-refractivity contribution in [2.45, 2.75) is 11.6 Å². The molecule has 110 valence electrons. The molecule has 1 aromatic carbocycles. The van der Waals surface area contributed by atoms with Gasteiger partial charge in [-0.1, -0.05) is 36.4 Å².